The van der Waals surface area contributed by atoms with Gasteiger partial charge in [-0.2, -0.15) is 0 Å². The van der Waals surface area contributed by atoms with E-state index in [2.05, 4.69) is 10.3 Å². The second kappa shape index (κ2) is 8.18. The van der Waals surface area contributed by atoms with Crippen molar-refractivity contribution >= 4 is 48.8 Å². The predicted molar refractivity (Wildman–Crippen MR) is 119 cm³/mol. The molecule has 0 saturated heterocycles. The molecule has 2 aromatic heterocycles. The molecular formula is C22H17ClN2O3S2. The van der Waals surface area contributed by atoms with Gasteiger partial charge in [-0.3, -0.25) is 9.78 Å². The molecule has 30 heavy (non-hydrogen) atoms. The molecule has 1 amide bonds. The maximum Gasteiger partial charge on any atom is 0.261 e. The fraction of sp³-hybridized carbons (Fsp3) is 0.0909. The highest BCUT2D eigenvalue weighted by Gasteiger charge is 2.20. The molecule has 0 radical (unpaired) electrons. The number of benzene rings is 2. The number of rotatable bonds is 5. The highest BCUT2D eigenvalue weighted by Crippen LogP contribution is 2.27. The lowest BCUT2D eigenvalue weighted by Gasteiger charge is -2.09. The van der Waals surface area contributed by atoms with Crippen LogP contribution in [0.15, 0.2) is 76.8 Å². The topological polar surface area (TPSA) is 76.1 Å². The molecule has 0 aliphatic heterocycles. The van der Waals surface area contributed by atoms with Gasteiger partial charge in [0.15, 0.2) is 0 Å². The molecule has 0 atom stereocenters. The molecule has 0 spiro atoms. The minimum Gasteiger partial charge on any atom is -0.347 e. The first-order chi connectivity index (χ1) is 14.3. The fourth-order valence-electron chi connectivity index (χ4n) is 3.04. The van der Waals surface area contributed by atoms with Gasteiger partial charge in [0.1, 0.15) is 0 Å². The Bertz CT molecular complexity index is 1310. The summed E-state index contributed by atoms with van der Waals surface area (Å²) in [6.45, 7) is 2.03. The molecule has 2 aromatic carbocycles. The van der Waals surface area contributed by atoms with Gasteiger partial charge in [-0.15, -0.1) is 11.3 Å². The summed E-state index contributed by atoms with van der Waals surface area (Å²) in [7, 11) is -3.67. The van der Waals surface area contributed by atoms with E-state index in [1.165, 1.54) is 17.4 Å². The highest BCUT2D eigenvalue weighted by molar-refractivity contribution is 7.91. The van der Waals surface area contributed by atoms with Crippen molar-refractivity contribution in [1.82, 2.24) is 10.3 Å². The van der Waals surface area contributed by atoms with Crippen molar-refractivity contribution in [3.63, 3.8) is 0 Å². The minimum absolute atomic E-state index is 0.178. The molecule has 4 rings (SSSR count). The van der Waals surface area contributed by atoms with Crippen molar-refractivity contribution in [3.05, 3.63) is 88.0 Å². The minimum atomic E-state index is -3.67. The maximum atomic E-state index is 12.9. The number of halogens is 1. The number of amides is 1. The molecule has 0 aliphatic rings. The van der Waals surface area contributed by atoms with Crippen LogP contribution in [0, 0.1) is 6.92 Å². The Morgan fingerprint density at radius 3 is 2.60 bits per heavy atom. The van der Waals surface area contributed by atoms with Crippen molar-refractivity contribution in [3.8, 4) is 0 Å². The normalized spacial score (nSPS) is 11.5. The number of sulfone groups is 1. The van der Waals surface area contributed by atoms with Crippen molar-refractivity contribution in [2.45, 2.75) is 23.3 Å². The number of aryl methyl sites for hydroxylation is 1. The van der Waals surface area contributed by atoms with Gasteiger partial charge in [0.2, 0.25) is 9.84 Å². The van der Waals surface area contributed by atoms with Crippen LogP contribution in [-0.2, 0) is 16.4 Å². The molecule has 152 valence electrons. The van der Waals surface area contributed by atoms with E-state index in [4.69, 9.17) is 11.6 Å². The van der Waals surface area contributed by atoms with Gasteiger partial charge in [-0.25, -0.2) is 8.42 Å². The van der Waals surface area contributed by atoms with Gasteiger partial charge in [-0.1, -0.05) is 29.8 Å². The fourth-order valence-corrected chi connectivity index (χ4v) is 5.75. The van der Waals surface area contributed by atoms with E-state index in [1.807, 2.05) is 12.1 Å². The summed E-state index contributed by atoms with van der Waals surface area (Å²) in [5.41, 5.74) is 1.43. The van der Waals surface area contributed by atoms with Crippen LogP contribution < -0.4 is 5.32 Å². The van der Waals surface area contributed by atoms with Crippen LogP contribution in [0.2, 0.25) is 5.02 Å². The summed E-state index contributed by atoms with van der Waals surface area (Å²) in [5.74, 6) is -0.178. The first-order valence-corrected chi connectivity index (χ1v) is 11.7. The quantitative estimate of drug-likeness (QED) is 0.457. The van der Waals surface area contributed by atoms with E-state index in [1.54, 1.807) is 55.7 Å². The molecule has 0 fully saturated rings. The van der Waals surface area contributed by atoms with E-state index in [9.17, 15) is 13.2 Å². The van der Waals surface area contributed by atoms with Crippen LogP contribution in [0.1, 0.15) is 20.8 Å². The third kappa shape index (κ3) is 4.09. The molecular weight excluding hydrogens is 440 g/mol. The largest absolute Gasteiger partial charge is 0.347 e. The smallest absolute Gasteiger partial charge is 0.261 e. The zero-order chi connectivity index (χ0) is 21.3. The molecule has 0 unspecified atom stereocenters. The van der Waals surface area contributed by atoms with E-state index in [0.717, 1.165) is 15.6 Å². The van der Waals surface area contributed by atoms with E-state index in [0.29, 0.717) is 22.0 Å². The SMILES string of the molecule is Cc1ccc(Cl)cc1S(=O)(=O)c1ccc(CNC(=O)c2cc3ccncc3s2)cc1. The lowest BCUT2D eigenvalue weighted by Crippen LogP contribution is -2.21. The van der Waals surface area contributed by atoms with Crippen LogP contribution >= 0.6 is 22.9 Å². The van der Waals surface area contributed by atoms with Gasteiger partial charge in [0, 0.05) is 24.0 Å². The molecule has 1 N–H and O–H groups in total. The van der Waals surface area contributed by atoms with Crippen LogP contribution in [0.4, 0.5) is 0 Å². The number of nitrogens with one attached hydrogen (secondary N) is 1. The van der Waals surface area contributed by atoms with Crippen molar-refractivity contribution in [1.29, 1.82) is 0 Å². The Morgan fingerprint density at radius 1 is 1.10 bits per heavy atom. The van der Waals surface area contributed by atoms with E-state index < -0.39 is 9.84 Å². The Kier molecular flexibility index (Phi) is 5.60. The zero-order valence-corrected chi connectivity index (χ0v) is 18.3. The Balaban J connectivity index is 1.48. The molecule has 5 nitrogen and oxygen atoms in total. The number of carbonyl (C=O) groups excluding carboxylic acids is 1. The number of fused-ring (bicyclic) bond motifs is 1. The third-order valence-electron chi connectivity index (χ3n) is 4.67. The van der Waals surface area contributed by atoms with Crippen LogP contribution in [0.3, 0.4) is 0 Å². The van der Waals surface area contributed by atoms with Gasteiger partial charge >= 0.3 is 0 Å². The Labute approximate surface area is 183 Å². The molecule has 2 heterocycles. The standard InChI is InChI=1S/C22H17ClN2O3S2/c1-14-2-5-17(23)11-21(14)30(27,28)18-6-3-15(4-7-18)12-25-22(26)19-10-16-8-9-24-13-20(16)29-19/h2-11,13H,12H2,1H3,(H,25,26). The van der Waals surface area contributed by atoms with Crippen LogP contribution in [0.25, 0.3) is 10.1 Å². The molecule has 4 aromatic rings. The van der Waals surface area contributed by atoms with Crippen LogP contribution in [0.5, 0.6) is 0 Å². The lowest BCUT2D eigenvalue weighted by molar-refractivity contribution is 0.0955. The number of hydrogen-bond acceptors (Lipinski definition) is 5. The molecule has 0 bridgehead atoms. The maximum absolute atomic E-state index is 12.9. The Morgan fingerprint density at radius 2 is 1.87 bits per heavy atom. The van der Waals surface area contributed by atoms with Crippen molar-refractivity contribution in [2.75, 3.05) is 0 Å². The summed E-state index contributed by atoms with van der Waals surface area (Å²) in [6.07, 6.45) is 3.43. The second-order valence-corrected chi connectivity index (χ2v) is 10.2. The number of aromatic nitrogens is 1. The summed E-state index contributed by atoms with van der Waals surface area (Å²) >= 11 is 7.36. The molecule has 0 saturated carbocycles. The first-order valence-electron chi connectivity index (χ1n) is 9.06. The zero-order valence-electron chi connectivity index (χ0n) is 15.9. The van der Waals surface area contributed by atoms with Gasteiger partial charge < -0.3 is 5.32 Å². The molecule has 8 heteroatoms. The van der Waals surface area contributed by atoms with Gasteiger partial charge in [0.25, 0.3) is 5.91 Å². The summed E-state index contributed by atoms with van der Waals surface area (Å²) in [5, 5.41) is 4.22. The monoisotopic (exact) mass is 456 g/mol. The summed E-state index contributed by atoms with van der Waals surface area (Å²) in [6, 6.07) is 15.0. The number of pyridine rings is 1. The summed E-state index contributed by atoms with van der Waals surface area (Å²) < 4.78 is 26.8. The predicted octanol–water partition coefficient (Wildman–Crippen LogP) is 5.02. The first kappa shape index (κ1) is 20.5. The second-order valence-electron chi connectivity index (χ2n) is 6.76. The van der Waals surface area contributed by atoms with Crippen molar-refractivity contribution < 1.29 is 13.2 Å². The number of hydrogen-bond donors (Lipinski definition) is 1. The van der Waals surface area contributed by atoms with E-state index in [-0.39, 0.29) is 15.7 Å². The molecule has 0 aliphatic carbocycles. The number of thiophene rings is 1. The third-order valence-corrected chi connectivity index (χ3v) is 7.90. The highest BCUT2D eigenvalue weighted by atomic mass is 35.5. The Hall–Kier alpha value is -2.74. The number of nitrogens with zero attached hydrogens (tertiary/aromatic N) is 1. The van der Waals surface area contributed by atoms with Gasteiger partial charge in [-0.05, 0) is 59.8 Å². The summed E-state index contributed by atoms with van der Waals surface area (Å²) in [4.78, 5) is 17.5. The number of carbonyl (C=O) groups is 1. The van der Waals surface area contributed by atoms with E-state index >= 15 is 0 Å². The average Bonchev–Trinajstić information content (AvgIpc) is 3.18. The van der Waals surface area contributed by atoms with Crippen LogP contribution in [-0.4, -0.2) is 19.3 Å². The van der Waals surface area contributed by atoms with Gasteiger partial charge in [0.05, 0.1) is 19.4 Å². The lowest BCUT2D eigenvalue weighted by atomic mass is 10.2. The van der Waals surface area contributed by atoms with Crippen molar-refractivity contribution in [2.24, 2.45) is 0 Å². The average molecular weight is 457 g/mol.